The van der Waals surface area contributed by atoms with Crippen molar-refractivity contribution in [2.75, 3.05) is 26.4 Å². The molecule has 0 amide bonds. The Labute approximate surface area is 225 Å². The molecule has 0 saturated carbocycles. The van der Waals surface area contributed by atoms with Crippen LogP contribution in [0.1, 0.15) is 146 Å². The average Bonchev–Trinajstić information content (AvgIpc) is 2.87. The Bertz CT molecular complexity index is 488. The van der Waals surface area contributed by atoms with Crippen molar-refractivity contribution in [2.45, 2.75) is 157 Å². The Hall–Kier alpha value is -0.200. The summed E-state index contributed by atoms with van der Waals surface area (Å²) in [5.41, 5.74) is 0. The first-order valence-corrected chi connectivity index (χ1v) is 15.5. The molecule has 0 fully saturated rings. The second-order valence-electron chi connectivity index (χ2n) is 11.1. The normalized spacial score (nSPS) is 17.9. The van der Waals surface area contributed by atoms with E-state index >= 15 is 0 Å². The molecule has 0 radical (unpaired) electrons. The minimum absolute atomic E-state index is 0.439. The molecule has 0 N–H and O–H groups in total. The van der Waals surface area contributed by atoms with Crippen LogP contribution < -0.4 is 0 Å². The Morgan fingerprint density at radius 1 is 0.611 bits per heavy atom. The first-order chi connectivity index (χ1) is 17.3. The second kappa shape index (κ2) is 21.7. The largest absolute Gasteiger partial charge is 0.345 e. The van der Waals surface area contributed by atoms with Crippen LogP contribution in [-0.4, -0.2) is 38.0 Å². The predicted octanol–water partition coefficient (Wildman–Crippen LogP) is 9.48. The maximum absolute atomic E-state index is 6.74. The summed E-state index contributed by atoms with van der Waals surface area (Å²) in [5, 5.41) is 0. The topological polar surface area (TPSA) is 46.2 Å². The standard InChI is InChI=1S/C31H64O5/c1-10-16-20-29(15-6)26-35-36-30(9,32-24-21-27(7)14-5)31(22-17-11-2,33-23-18-12-3)34-25-28(8)19-13-4/h27-29H,10-26H2,1-9H3. The zero-order chi connectivity index (χ0) is 27.3. The Balaban J connectivity index is 5.95. The summed E-state index contributed by atoms with van der Waals surface area (Å²) in [6.07, 6.45) is 13.8. The molecule has 36 heavy (non-hydrogen) atoms. The molecule has 0 aliphatic rings. The average molecular weight is 517 g/mol. The van der Waals surface area contributed by atoms with Gasteiger partial charge in [0.05, 0.1) is 26.4 Å². The van der Waals surface area contributed by atoms with Gasteiger partial charge in [0.25, 0.3) is 5.79 Å². The monoisotopic (exact) mass is 516 g/mol. The number of rotatable bonds is 26. The predicted molar refractivity (Wildman–Crippen MR) is 152 cm³/mol. The molecule has 218 valence electrons. The van der Waals surface area contributed by atoms with Crippen LogP contribution in [0.4, 0.5) is 0 Å². The molecule has 5 atom stereocenters. The summed E-state index contributed by atoms with van der Waals surface area (Å²) < 4.78 is 20.0. The third kappa shape index (κ3) is 14.1. The smallest absolute Gasteiger partial charge is 0.253 e. The summed E-state index contributed by atoms with van der Waals surface area (Å²) in [7, 11) is 0. The van der Waals surface area contributed by atoms with E-state index in [0.29, 0.717) is 50.6 Å². The molecule has 0 bridgehead atoms. The number of hydrogen-bond donors (Lipinski definition) is 0. The molecule has 0 aromatic heterocycles. The van der Waals surface area contributed by atoms with E-state index in [4.69, 9.17) is 24.0 Å². The number of ether oxygens (including phenoxy) is 3. The van der Waals surface area contributed by atoms with Gasteiger partial charge >= 0.3 is 0 Å². The highest BCUT2D eigenvalue weighted by Crippen LogP contribution is 2.39. The minimum Gasteiger partial charge on any atom is -0.345 e. The fourth-order valence-corrected chi connectivity index (χ4v) is 4.32. The summed E-state index contributed by atoms with van der Waals surface area (Å²) >= 11 is 0. The van der Waals surface area contributed by atoms with Gasteiger partial charge in [-0.1, -0.05) is 100 Å². The van der Waals surface area contributed by atoms with Gasteiger partial charge in [-0.15, -0.1) is 0 Å². The Kier molecular flexibility index (Phi) is 21.6. The van der Waals surface area contributed by atoms with Crippen LogP contribution in [0, 0.1) is 17.8 Å². The molecule has 5 heteroatoms. The van der Waals surface area contributed by atoms with Crippen LogP contribution in [0.3, 0.4) is 0 Å². The first kappa shape index (κ1) is 35.8. The lowest BCUT2D eigenvalue weighted by atomic mass is 9.98. The summed E-state index contributed by atoms with van der Waals surface area (Å²) in [6.45, 7) is 22.2. The van der Waals surface area contributed by atoms with E-state index in [0.717, 1.165) is 64.2 Å². The highest BCUT2D eigenvalue weighted by atomic mass is 17.2. The van der Waals surface area contributed by atoms with Crippen molar-refractivity contribution in [3.8, 4) is 0 Å². The van der Waals surface area contributed by atoms with Crippen LogP contribution in [-0.2, 0) is 24.0 Å². The maximum Gasteiger partial charge on any atom is 0.253 e. The van der Waals surface area contributed by atoms with Crippen molar-refractivity contribution in [2.24, 2.45) is 17.8 Å². The minimum atomic E-state index is -1.15. The van der Waals surface area contributed by atoms with E-state index in [-0.39, 0.29) is 0 Å². The molecule has 0 rings (SSSR count). The highest BCUT2D eigenvalue weighted by molar-refractivity contribution is 4.86. The van der Waals surface area contributed by atoms with Crippen molar-refractivity contribution in [1.29, 1.82) is 0 Å². The molecule has 5 unspecified atom stereocenters. The van der Waals surface area contributed by atoms with Crippen molar-refractivity contribution in [1.82, 2.24) is 0 Å². The van der Waals surface area contributed by atoms with E-state index in [1.165, 1.54) is 12.8 Å². The number of hydrogen-bond acceptors (Lipinski definition) is 5. The maximum atomic E-state index is 6.74. The van der Waals surface area contributed by atoms with Crippen LogP contribution in [0.2, 0.25) is 0 Å². The lowest BCUT2D eigenvalue weighted by molar-refractivity contribution is -0.503. The van der Waals surface area contributed by atoms with Gasteiger partial charge in [0.1, 0.15) is 0 Å². The Morgan fingerprint density at radius 3 is 1.89 bits per heavy atom. The van der Waals surface area contributed by atoms with Crippen LogP contribution in [0.25, 0.3) is 0 Å². The third-order valence-corrected chi connectivity index (χ3v) is 7.52. The van der Waals surface area contributed by atoms with Gasteiger partial charge in [0.2, 0.25) is 5.79 Å². The van der Waals surface area contributed by atoms with Gasteiger partial charge in [0.15, 0.2) is 0 Å². The van der Waals surface area contributed by atoms with E-state index in [1.807, 2.05) is 6.92 Å². The van der Waals surface area contributed by atoms with E-state index < -0.39 is 11.6 Å². The molecule has 0 aliphatic carbocycles. The quantitative estimate of drug-likeness (QED) is 0.0496. The molecule has 0 aromatic carbocycles. The third-order valence-electron chi connectivity index (χ3n) is 7.52. The summed E-state index contributed by atoms with van der Waals surface area (Å²) in [5.74, 6) is -0.662. The summed E-state index contributed by atoms with van der Waals surface area (Å²) in [6, 6.07) is 0. The van der Waals surface area contributed by atoms with Gasteiger partial charge in [-0.25, -0.2) is 4.89 Å². The second-order valence-corrected chi connectivity index (χ2v) is 11.1. The lowest BCUT2D eigenvalue weighted by Gasteiger charge is -2.46. The van der Waals surface area contributed by atoms with Crippen molar-refractivity contribution in [3.63, 3.8) is 0 Å². The zero-order valence-electron chi connectivity index (χ0n) is 25.8. The molecular weight excluding hydrogens is 452 g/mol. The van der Waals surface area contributed by atoms with E-state index in [1.54, 1.807) is 0 Å². The lowest BCUT2D eigenvalue weighted by Crippen LogP contribution is -2.60. The molecule has 0 aromatic rings. The van der Waals surface area contributed by atoms with Crippen molar-refractivity contribution >= 4 is 0 Å². The van der Waals surface area contributed by atoms with E-state index in [2.05, 4.69) is 55.4 Å². The van der Waals surface area contributed by atoms with Crippen LogP contribution >= 0.6 is 0 Å². The molecular formula is C31H64O5. The summed E-state index contributed by atoms with van der Waals surface area (Å²) in [4.78, 5) is 12.3. The van der Waals surface area contributed by atoms with Gasteiger partial charge in [-0.05, 0) is 56.8 Å². The fraction of sp³-hybridized carbons (Fsp3) is 1.00. The van der Waals surface area contributed by atoms with Gasteiger partial charge in [-0.2, -0.15) is 4.89 Å². The van der Waals surface area contributed by atoms with E-state index in [9.17, 15) is 0 Å². The van der Waals surface area contributed by atoms with Crippen molar-refractivity contribution < 1.29 is 24.0 Å². The molecule has 5 nitrogen and oxygen atoms in total. The van der Waals surface area contributed by atoms with Gasteiger partial charge in [0, 0.05) is 6.42 Å². The highest BCUT2D eigenvalue weighted by Gasteiger charge is 2.54. The molecule has 0 aliphatic heterocycles. The SMILES string of the molecule is CCCCOC(CCCC)(OCC(C)CCC)C(C)(OCCC(C)CC)OOCC(CC)CCCC. The van der Waals surface area contributed by atoms with Crippen LogP contribution in [0.15, 0.2) is 0 Å². The first-order valence-electron chi connectivity index (χ1n) is 15.5. The zero-order valence-corrected chi connectivity index (χ0v) is 25.8. The molecule has 0 spiro atoms. The Morgan fingerprint density at radius 2 is 1.31 bits per heavy atom. The number of unbranched alkanes of at least 4 members (excludes halogenated alkanes) is 3. The van der Waals surface area contributed by atoms with Crippen LogP contribution in [0.5, 0.6) is 0 Å². The molecule has 0 heterocycles. The fourth-order valence-electron chi connectivity index (χ4n) is 4.32. The van der Waals surface area contributed by atoms with Gasteiger partial charge in [-0.3, -0.25) is 0 Å². The van der Waals surface area contributed by atoms with Crippen molar-refractivity contribution in [3.05, 3.63) is 0 Å². The van der Waals surface area contributed by atoms with Gasteiger partial charge < -0.3 is 14.2 Å². The molecule has 0 saturated heterocycles.